The van der Waals surface area contributed by atoms with Gasteiger partial charge in [0.05, 0.1) is 12.7 Å². The number of hydrogen-bond donors (Lipinski definition) is 2. The largest absolute Gasteiger partial charge is 0.396 e. The van der Waals surface area contributed by atoms with Crippen molar-refractivity contribution in [1.29, 1.82) is 0 Å². The molecule has 1 fully saturated rings. The molecule has 1 aromatic rings. The normalized spacial score (nSPS) is 24.7. The third kappa shape index (κ3) is 2.65. The zero-order chi connectivity index (χ0) is 12.3. The maximum atomic E-state index is 12.1. The molecule has 2 N–H and O–H groups in total. The first-order valence-electron chi connectivity index (χ1n) is 5.85. The second-order valence-corrected chi connectivity index (χ2v) is 4.42. The SMILES string of the molecule is O=C(c1ccccc1)N1CCC(O)C(CO)C1. The number of carbonyl (C=O) groups is 1. The van der Waals surface area contributed by atoms with Gasteiger partial charge in [0.1, 0.15) is 0 Å². The molecule has 2 unspecified atom stereocenters. The van der Waals surface area contributed by atoms with Crippen molar-refractivity contribution < 1.29 is 15.0 Å². The molecule has 1 amide bonds. The summed E-state index contributed by atoms with van der Waals surface area (Å²) in [6.45, 7) is 0.885. The second-order valence-electron chi connectivity index (χ2n) is 4.42. The smallest absolute Gasteiger partial charge is 0.253 e. The van der Waals surface area contributed by atoms with Crippen molar-refractivity contribution in [2.75, 3.05) is 19.7 Å². The standard InChI is InChI=1S/C13H17NO3/c15-9-11-8-14(7-6-12(11)16)13(17)10-4-2-1-3-5-10/h1-5,11-12,15-16H,6-9H2. The molecule has 0 spiro atoms. The van der Waals surface area contributed by atoms with Gasteiger partial charge >= 0.3 is 0 Å². The lowest BCUT2D eigenvalue weighted by Gasteiger charge is -2.35. The van der Waals surface area contributed by atoms with E-state index in [4.69, 9.17) is 5.11 Å². The number of aliphatic hydroxyl groups excluding tert-OH is 2. The van der Waals surface area contributed by atoms with Crippen molar-refractivity contribution in [1.82, 2.24) is 4.90 Å². The number of carbonyl (C=O) groups excluding carboxylic acids is 1. The first kappa shape index (κ1) is 12.1. The van der Waals surface area contributed by atoms with Crippen molar-refractivity contribution in [3.63, 3.8) is 0 Å². The van der Waals surface area contributed by atoms with E-state index >= 15 is 0 Å². The Morgan fingerprint density at radius 1 is 1.35 bits per heavy atom. The Bertz CT molecular complexity index is 380. The molecular weight excluding hydrogens is 218 g/mol. The lowest BCUT2D eigenvalue weighted by Crippen LogP contribution is -2.47. The molecule has 0 saturated carbocycles. The number of aliphatic hydroxyl groups is 2. The van der Waals surface area contributed by atoms with Crippen LogP contribution in [0.5, 0.6) is 0 Å². The van der Waals surface area contributed by atoms with Crippen LogP contribution in [0.15, 0.2) is 30.3 Å². The minimum absolute atomic E-state index is 0.0315. The lowest BCUT2D eigenvalue weighted by molar-refractivity contribution is 0.00344. The van der Waals surface area contributed by atoms with Gasteiger partial charge in [-0.25, -0.2) is 0 Å². The van der Waals surface area contributed by atoms with E-state index in [1.165, 1.54) is 0 Å². The summed E-state index contributed by atoms with van der Waals surface area (Å²) in [6.07, 6.45) is 0.0314. The number of amides is 1. The van der Waals surface area contributed by atoms with Gasteiger partial charge in [0.15, 0.2) is 0 Å². The van der Waals surface area contributed by atoms with Crippen LogP contribution >= 0.6 is 0 Å². The van der Waals surface area contributed by atoms with Gasteiger partial charge < -0.3 is 15.1 Å². The lowest BCUT2D eigenvalue weighted by atomic mass is 9.95. The average Bonchev–Trinajstić information content (AvgIpc) is 2.39. The molecule has 0 radical (unpaired) electrons. The maximum absolute atomic E-state index is 12.1. The first-order chi connectivity index (χ1) is 8.22. The van der Waals surface area contributed by atoms with E-state index in [1.54, 1.807) is 17.0 Å². The highest BCUT2D eigenvalue weighted by molar-refractivity contribution is 5.94. The first-order valence-corrected chi connectivity index (χ1v) is 5.85. The van der Waals surface area contributed by atoms with E-state index in [1.807, 2.05) is 18.2 Å². The predicted octanol–water partition coefficient (Wildman–Crippen LogP) is 0.502. The molecule has 2 atom stereocenters. The number of likely N-dealkylation sites (tertiary alicyclic amines) is 1. The summed E-state index contributed by atoms with van der Waals surface area (Å²) in [5.41, 5.74) is 0.653. The molecule has 0 bridgehead atoms. The van der Waals surface area contributed by atoms with Crippen LogP contribution in [0.3, 0.4) is 0 Å². The van der Waals surface area contributed by atoms with Gasteiger partial charge in [0, 0.05) is 24.6 Å². The predicted molar refractivity (Wildman–Crippen MR) is 63.5 cm³/mol. The topological polar surface area (TPSA) is 60.8 Å². The number of benzene rings is 1. The Kier molecular flexibility index (Phi) is 3.76. The van der Waals surface area contributed by atoms with Crippen LogP contribution in [0.25, 0.3) is 0 Å². The third-order valence-corrected chi connectivity index (χ3v) is 3.24. The summed E-state index contributed by atoms with van der Waals surface area (Å²) in [6, 6.07) is 9.08. The molecule has 92 valence electrons. The quantitative estimate of drug-likeness (QED) is 0.785. The van der Waals surface area contributed by atoms with Gasteiger partial charge in [-0.05, 0) is 18.6 Å². The van der Waals surface area contributed by atoms with E-state index < -0.39 is 6.10 Å². The Morgan fingerprint density at radius 3 is 2.71 bits per heavy atom. The van der Waals surface area contributed by atoms with E-state index in [2.05, 4.69) is 0 Å². The van der Waals surface area contributed by atoms with Crippen molar-refractivity contribution >= 4 is 5.91 Å². The van der Waals surface area contributed by atoms with Crippen LogP contribution in [0.1, 0.15) is 16.8 Å². The molecule has 0 aliphatic carbocycles. The number of hydrogen-bond acceptors (Lipinski definition) is 3. The molecule has 1 aromatic carbocycles. The van der Waals surface area contributed by atoms with Crippen LogP contribution in [0.2, 0.25) is 0 Å². The van der Waals surface area contributed by atoms with Crippen molar-refractivity contribution in [2.24, 2.45) is 5.92 Å². The van der Waals surface area contributed by atoms with Gasteiger partial charge in [-0.3, -0.25) is 4.79 Å². The van der Waals surface area contributed by atoms with Crippen LogP contribution in [-0.4, -0.2) is 46.8 Å². The molecule has 2 rings (SSSR count). The summed E-state index contributed by atoms with van der Waals surface area (Å²) in [5.74, 6) is -0.257. The number of piperidine rings is 1. The van der Waals surface area contributed by atoms with E-state index in [9.17, 15) is 9.90 Å². The average molecular weight is 235 g/mol. The molecule has 4 heteroatoms. The van der Waals surface area contributed by atoms with Crippen LogP contribution in [-0.2, 0) is 0 Å². The van der Waals surface area contributed by atoms with Crippen LogP contribution in [0.4, 0.5) is 0 Å². The molecule has 0 aromatic heterocycles. The number of rotatable bonds is 2. The zero-order valence-corrected chi connectivity index (χ0v) is 9.62. The molecule has 4 nitrogen and oxygen atoms in total. The molecule has 1 aliphatic rings. The summed E-state index contributed by atoms with van der Waals surface area (Å²) in [4.78, 5) is 13.8. The minimum Gasteiger partial charge on any atom is -0.396 e. The number of nitrogens with zero attached hydrogens (tertiary/aromatic N) is 1. The van der Waals surface area contributed by atoms with Crippen molar-refractivity contribution in [3.8, 4) is 0 Å². The van der Waals surface area contributed by atoms with Gasteiger partial charge in [-0.2, -0.15) is 0 Å². The third-order valence-electron chi connectivity index (χ3n) is 3.24. The van der Waals surface area contributed by atoms with Crippen molar-refractivity contribution in [2.45, 2.75) is 12.5 Å². The highest BCUT2D eigenvalue weighted by atomic mass is 16.3. The second kappa shape index (κ2) is 5.29. The summed E-state index contributed by atoms with van der Waals surface area (Å²) >= 11 is 0. The van der Waals surface area contributed by atoms with E-state index in [-0.39, 0.29) is 18.4 Å². The van der Waals surface area contributed by atoms with Gasteiger partial charge in [0.2, 0.25) is 0 Å². The maximum Gasteiger partial charge on any atom is 0.253 e. The Labute approximate surface area is 100 Å². The van der Waals surface area contributed by atoms with Gasteiger partial charge in [0.25, 0.3) is 5.91 Å². The Balaban J connectivity index is 2.06. The van der Waals surface area contributed by atoms with Gasteiger partial charge in [-0.15, -0.1) is 0 Å². The Morgan fingerprint density at radius 2 is 2.06 bits per heavy atom. The van der Waals surface area contributed by atoms with E-state index in [0.717, 1.165) is 0 Å². The summed E-state index contributed by atoms with van der Waals surface area (Å²) < 4.78 is 0. The molecule has 1 aliphatic heterocycles. The summed E-state index contributed by atoms with van der Waals surface area (Å²) in [7, 11) is 0. The van der Waals surface area contributed by atoms with Crippen LogP contribution in [0, 0.1) is 5.92 Å². The molecule has 1 heterocycles. The molecular formula is C13H17NO3. The highest BCUT2D eigenvalue weighted by Crippen LogP contribution is 2.18. The molecule has 1 saturated heterocycles. The fourth-order valence-electron chi connectivity index (χ4n) is 2.15. The van der Waals surface area contributed by atoms with Crippen molar-refractivity contribution in [3.05, 3.63) is 35.9 Å². The van der Waals surface area contributed by atoms with E-state index in [0.29, 0.717) is 25.1 Å². The fraction of sp³-hybridized carbons (Fsp3) is 0.462. The summed E-state index contributed by atoms with van der Waals surface area (Å²) in [5, 5.41) is 18.8. The highest BCUT2D eigenvalue weighted by Gasteiger charge is 2.29. The van der Waals surface area contributed by atoms with Crippen LogP contribution < -0.4 is 0 Å². The minimum atomic E-state index is -0.500. The monoisotopic (exact) mass is 235 g/mol. The molecule has 17 heavy (non-hydrogen) atoms. The van der Waals surface area contributed by atoms with Gasteiger partial charge in [-0.1, -0.05) is 18.2 Å². The zero-order valence-electron chi connectivity index (χ0n) is 9.62. The fourth-order valence-corrected chi connectivity index (χ4v) is 2.15. The Hall–Kier alpha value is -1.39.